The average molecular weight is 637 g/mol. The molecule has 0 saturated heterocycles. The van der Waals surface area contributed by atoms with E-state index in [1.54, 1.807) is 47.4 Å². The largest absolute Gasteiger partial charge is 0.481 e. The summed E-state index contributed by atoms with van der Waals surface area (Å²) in [6.07, 6.45) is 0.789. The molecule has 10 nitrogen and oxygen atoms in total. The third-order valence-corrected chi connectivity index (χ3v) is 7.93. The Hall–Kier alpha value is -5.35. The van der Waals surface area contributed by atoms with Gasteiger partial charge in [-0.3, -0.25) is 14.4 Å². The van der Waals surface area contributed by atoms with Gasteiger partial charge in [-0.25, -0.2) is 0 Å². The van der Waals surface area contributed by atoms with Crippen LogP contribution >= 0.6 is 0 Å². The van der Waals surface area contributed by atoms with Crippen LogP contribution in [0.25, 0.3) is 11.1 Å². The lowest BCUT2D eigenvalue weighted by Crippen LogP contribution is -2.32. The zero-order chi connectivity index (χ0) is 33.3. The van der Waals surface area contributed by atoms with Crippen LogP contribution in [0.2, 0.25) is 0 Å². The van der Waals surface area contributed by atoms with Crippen molar-refractivity contribution in [1.82, 2.24) is 9.80 Å². The summed E-state index contributed by atoms with van der Waals surface area (Å²) >= 11 is 0. The van der Waals surface area contributed by atoms with Crippen LogP contribution in [0.4, 0.5) is 11.4 Å². The van der Waals surface area contributed by atoms with Crippen LogP contribution in [0, 0.1) is 0 Å². The number of carbonyl (C=O) groups excluding carboxylic acids is 2. The molecule has 4 aromatic rings. The molecule has 0 aromatic heterocycles. The highest BCUT2D eigenvalue weighted by atomic mass is 16.7. The second-order valence-corrected chi connectivity index (χ2v) is 11.8. The van der Waals surface area contributed by atoms with E-state index in [4.69, 9.17) is 9.47 Å². The van der Waals surface area contributed by atoms with Gasteiger partial charge in [0.2, 0.25) is 6.79 Å². The molecule has 0 radical (unpaired) electrons. The molecular weight excluding hydrogens is 596 g/mol. The zero-order valence-electron chi connectivity index (χ0n) is 26.9. The van der Waals surface area contributed by atoms with Crippen molar-refractivity contribution in [2.24, 2.45) is 0 Å². The molecule has 0 spiro atoms. The Kier molecular flexibility index (Phi) is 10.7. The lowest BCUT2D eigenvalue weighted by molar-refractivity contribution is -0.137. The van der Waals surface area contributed by atoms with Crippen LogP contribution in [0.15, 0.2) is 91.0 Å². The maximum Gasteiger partial charge on any atom is 0.305 e. The van der Waals surface area contributed by atoms with Gasteiger partial charge in [0.1, 0.15) is 0 Å². The number of nitrogens with one attached hydrogen (secondary N) is 1. The van der Waals surface area contributed by atoms with Crippen molar-refractivity contribution >= 4 is 29.2 Å². The van der Waals surface area contributed by atoms with Gasteiger partial charge in [0.05, 0.1) is 17.8 Å². The summed E-state index contributed by atoms with van der Waals surface area (Å²) in [6, 6.07) is 27.8. The van der Waals surface area contributed by atoms with E-state index in [1.807, 2.05) is 69.7 Å². The van der Waals surface area contributed by atoms with E-state index in [9.17, 15) is 19.5 Å². The average Bonchev–Trinajstić information content (AvgIpc) is 3.55. The van der Waals surface area contributed by atoms with Gasteiger partial charge < -0.3 is 34.6 Å². The molecule has 1 aliphatic heterocycles. The van der Waals surface area contributed by atoms with Crippen molar-refractivity contribution < 1.29 is 29.0 Å². The molecule has 47 heavy (non-hydrogen) atoms. The highest BCUT2D eigenvalue weighted by Gasteiger charge is 2.20. The van der Waals surface area contributed by atoms with E-state index < -0.39 is 5.97 Å². The monoisotopic (exact) mass is 636 g/mol. The molecule has 5 rings (SSSR count). The van der Waals surface area contributed by atoms with Crippen LogP contribution in [0.5, 0.6) is 11.5 Å². The number of rotatable bonds is 14. The third kappa shape index (κ3) is 8.68. The number of ether oxygens (including phenoxy) is 2. The summed E-state index contributed by atoms with van der Waals surface area (Å²) in [4.78, 5) is 44.0. The number of hydrogen-bond acceptors (Lipinski definition) is 7. The fourth-order valence-corrected chi connectivity index (χ4v) is 5.44. The first kappa shape index (κ1) is 33.0. The summed E-state index contributed by atoms with van der Waals surface area (Å²) in [7, 11) is 6.10. The smallest absolute Gasteiger partial charge is 0.305 e. The van der Waals surface area contributed by atoms with Gasteiger partial charge in [-0.15, -0.1) is 0 Å². The lowest BCUT2D eigenvalue weighted by atomic mass is 10.0. The quantitative estimate of drug-likeness (QED) is 0.178. The molecule has 0 saturated carbocycles. The molecule has 4 aromatic carbocycles. The Balaban J connectivity index is 1.42. The van der Waals surface area contributed by atoms with Crippen molar-refractivity contribution in [3.05, 3.63) is 108 Å². The van der Waals surface area contributed by atoms with Crippen molar-refractivity contribution in [1.29, 1.82) is 0 Å². The number of aliphatic carboxylic acids is 1. The summed E-state index contributed by atoms with van der Waals surface area (Å²) in [5, 5.41) is 12.4. The topological polar surface area (TPSA) is 112 Å². The molecule has 0 atom stereocenters. The fraction of sp³-hybridized carbons (Fsp3) is 0.270. The molecule has 0 unspecified atom stereocenters. The van der Waals surface area contributed by atoms with Gasteiger partial charge >= 0.3 is 5.97 Å². The molecule has 0 aliphatic carbocycles. The Labute approximate surface area is 275 Å². The van der Waals surface area contributed by atoms with Gasteiger partial charge in [0.25, 0.3) is 11.8 Å². The highest BCUT2D eigenvalue weighted by molar-refractivity contribution is 6.06. The zero-order valence-corrected chi connectivity index (χ0v) is 26.9. The Morgan fingerprint density at radius 1 is 0.766 bits per heavy atom. The van der Waals surface area contributed by atoms with Crippen LogP contribution in [0.1, 0.15) is 39.1 Å². The standard InChI is InChI=1S/C37H40N4O6/c1-39(2)18-8-19-40(3)32-15-13-29(22-31(32)38-36(44)30-14-16-33-34(23-30)47-25-46-33)28-12-7-9-26(21-28)24-41(20-17-35(42)43)37(45)27-10-5-4-6-11-27/h4-7,9-16,21-23H,8,17-20,24-25H2,1-3H3,(H,38,44)(H,42,43). The lowest BCUT2D eigenvalue weighted by Gasteiger charge is -2.24. The van der Waals surface area contributed by atoms with Crippen LogP contribution in [-0.2, 0) is 11.3 Å². The molecule has 1 heterocycles. The molecule has 244 valence electrons. The summed E-state index contributed by atoms with van der Waals surface area (Å²) < 4.78 is 10.9. The fourth-order valence-electron chi connectivity index (χ4n) is 5.44. The number of nitrogens with zero attached hydrogens (tertiary/aromatic N) is 3. The number of benzene rings is 4. The SMILES string of the molecule is CN(C)CCCN(C)c1ccc(-c2cccc(CN(CCC(=O)O)C(=O)c3ccccc3)c2)cc1NC(=O)c1ccc2c(c1)OCO2. The highest BCUT2D eigenvalue weighted by Crippen LogP contribution is 2.35. The van der Waals surface area contributed by atoms with E-state index in [0.29, 0.717) is 28.3 Å². The minimum atomic E-state index is -0.966. The first-order valence-corrected chi connectivity index (χ1v) is 15.5. The van der Waals surface area contributed by atoms with E-state index in [0.717, 1.165) is 41.9 Å². The second kappa shape index (κ2) is 15.3. The van der Waals surface area contributed by atoms with Gasteiger partial charge in [-0.2, -0.15) is 0 Å². The minimum Gasteiger partial charge on any atom is -0.481 e. The van der Waals surface area contributed by atoms with Gasteiger partial charge in [-0.05, 0) is 92.3 Å². The van der Waals surface area contributed by atoms with Crippen LogP contribution in [0.3, 0.4) is 0 Å². The van der Waals surface area contributed by atoms with Crippen molar-refractivity contribution in [2.75, 3.05) is 57.8 Å². The van der Waals surface area contributed by atoms with Crippen molar-refractivity contribution in [3.8, 4) is 22.6 Å². The summed E-state index contributed by atoms with van der Waals surface area (Å²) in [6.45, 7) is 2.18. The van der Waals surface area contributed by atoms with Gasteiger partial charge in [0, 0.05) is 37.8 Å². The molecule has 2 N–H and O–H groups in total. The summed E-state index contributed by atoms with van der Waals surface area (Å²) in [5.41, 5.74) is 5.12. The number of carboxylic acid groups (broad SMARTS) is 1. The Bertz CT molecular complexity index is 1730. The predicted molar refractivity (Wildman–Crippen MR) is 182 cm³/mol. The molecule has 10 heteroatoms. The van der Waals surface area contributed by atoms with Gasteiger partial charge in [0.15, 0.2) is 11.5 Å². The number of carbonyl (C=O) groups is 3. The van der Waals surface area contributed by atoms with E-state index in [-0.39, 0.29) is 38.1 Å². The number of hydrogen-bond donors (Lipinski definition) is 2. The van der Waals surface area contributed by atoms with E-state index >= 15 is 0 Å². The second-order valence-electron chi connectivity index (χ2n) is 11.8. The molecule has 0 bridgehead atoms. The first-order valence-electron chi connectivity index (χ1n) is 15.5. The molecular formula is C37H40N4O6. The molecule has 2 amide bonds. The third-order valence-electron chi connectivity index (χ3n) is 7.93. The van der Waals surface area contributed by atoms with Crippen LogP contribution in [-0.4, -0.2) is 80.3 Å². The predicted octanol–water partition coefficient (Wildman–Crippen LogP) is 5.84. The maximum absolute atomic E-state index is 13.5. The molecule has 1 aliphatic rings. The van der Waals surface area contributed by atoms with Crippen LogP contribution < -0.4 is 19.7 Å². The van der Waals surface area contributed by atoms with Gasteiger partial charge in [-0.1, -0.05) is 42.5 Å². The summed E-state index contributed by atoms with van der Waals surface area (Å²) in [5.74, 6) is -0.325. The molecule has 0 fully saturated rings. The number of amides is 2. The number of fused-ring (bicyclic) bond motifs is 1. The Morgan fingerprint density at radius 2 is 1.53 bits per heavy atom. The normalized spacial score (nSPS) is 11.7. The van der Waals surface area contributed by atoms with Crippen molar-refractivity contribution in [2.45, 2.75) is 19.4 Å². The number of carboxylic acids is 1. The minimum absolute atomic E-state index is 0.0815. The maximum atomic E-state index is 13.5. The first-order chi connectivity index (χ1) is 22.7. The van der Waals surface area contributed by atoms with E-state index in [1.165, 1.54) is 0 Å². The van der Waals surface area contributed by atoms with E-state index in [2.05, 4.69) is 15.1 Å². The van der Waals surface area contributed by atoms with Crippen molar-refractivity contribution in [3.63, 3.8) is 0 Å². The Morgan fingerprint density at radius 3 is 2.30 bits per heavy atom. The number of anilines is 2.